The number of aromatic nitrogens is 1. The van der Waals surface area contributed by atoms with Crippen LogP contribution in [0.15, 0.2) is 42.7 Å². The minimum absolute atomic E-state index is 0.0512. The van der Waals surface area contributed by atoms with Crippen molar-refractivity contribution >= 4 is 11.5 Å². The summed E-state index contributed by atoms with van der Waals surface area (Å²) in [4.78, 5) is 15.4. The van der Waals surface area contributed by atoms with Gasteiger partial charge in [0.05, 0.1) is 6.61 Å². The van der Waals surface area contributed by atoms with Gasteiger partial charge in [0.15, 0.2) is 5.78 Å². The molecule has 0 atom stereocenters. The molecule has 4 heteroatoms. The van der Waals surface area contributed by atoms with Crippen LogP contribution < -0.4 is 10.5 Å². The summed E-state index contributed by atoms with van der Waals surface area (Å²) >= 11 is 0. The number of carbonyl (C=O) groups excluding carboxylic acids is 1. The Hall–Kier alpha value is -2.36. The Bertz CT molecular complexity index is 582. The lowest BCUT2D eigenvalue weighted by molar-refractivity contribution is 0.101. The highest BCUT2D eigenvalue weighted by atomic mass is 16.5. The van der Waals surface area contributed by atoms with Crippen LogP contribution in [0, 0.1) is 0 Å². The van der Waals surface area contributed by atoms with Gasteiger partial charge in [-0.05, 0) is 55.7 Å². The topological polar surface area (TPSA) is 65.2 Å². The van der Waals surface area contributed by atoms with Crippen molar-refractivity contribution in [3.8, 4) is 5.75 Å². The fraction of sp³-hybridized carbons (Fsp3) is 0.250. The first kappa shape index (κ1) is 14.1. The number of nitrogens with two attached hydrogens (primary N) is 1. The van der Waals surface area contributed by atoms with Gasteiger partial charge in [-0.25, -0.2) is 0 Å². The van der Waals surface area contributed by atoms with E-state index in [4.69, 9.17) is 10.5 Å². The SMILES string of the molecule is CC(=O)c1cc(OCCCc2ccncc2)ccc1N. The Kier molecular flexibility index (Phi) is 4.71. The number of carbonyl (C=O) groups is 1. The van der Waals surface area contributed by atoms with E-state index in [0.717, 1.165) is 12.8 Å². The number of pyridine rings is 1. The lowest BCUT2D eigenvalue weighted by Gasteiger charge is -2.09. The molecule has 0 saturated carbocycles. The normalized spacial score (nSPS) is 10.2. The van der Waals surface area contributed by atoms with E-state index in [1.807, 2.05) is 12.1 Å². The van der Waals surface area contributed by atoms with Gasteiger partial charge in [0.2, 0.25) is 0 Å². The monoisotopic (exact) mass is 270 g/mol. The maximum Gasteiger partial charge on any atom is 0.162 e. The molecule has 1 heterocycles. The van der Waals surface area contributed by atoms with Gasteiger partial charge in [-0.3, -0.25) is 9.78 Å². The van der Waals surface area contributed by atoms with Crippen molar-refractivity contribution in [2.75, 3.05) is 12.3 Å². The van der Waals surface area contributed by atoms with Gasteiger partial charge in [-0.15, -0.1) is 0 Å². The van der Waals surface area contributed by atoms with Crippen molar-refractivity contribution in [2.45, 2.75) is 19.8 Å². The van der Waals surface area contributed by atoms with Crippen molar-refractivity contribution in [2.24, 2.45) is 0 Å². The highest BCUT2D eigenvalue weighted by molar-refractivity contribution is 5.99. The predicted octanol–water partition coefficient (Wildman–Crippen LogP) is 2.88. The number of nitrogen functional groups attached to an aromatic ring is 1. The summed E-state index contributed by atoms with van der Waals surface area (Å²) in [5.74, 6) is 0.629. The summed E-state index contributed by atoms with van der Waals surface area (Å²) in [6.45, 7) is 2.10. The van der Waals surface area contributed by atoms with Gasteiger partial charge in [-0.1, -0.05) is 0 Å². The van der Waals surface area contributed by atoms with Gasteiger partial charge in [0.1, 0.15) is 5.75 Å². The number of rotatable bonds is 6. The van der Waals surface area contributed by atoms with E-state index in [-0.39, 0.29) is 5.78 Å². The number of nitrogens with zero attached hydrogens (tertiary/aromatic N) is 1. The predicted molar refractivity (Wildman–Crippen MR) is 78.9 cm³/mol. The summed E-state index contributed by atoms with van der Waals surface area (Å²) in [5, 5.41) is 0. The molecule has 104 valence electrons. The first-order chi connectivity index (χ1) is 9.66. The molecule has 0 saturated heterocycles. The Balaban J connectivity index is 1.85. The minimum atomic E-state index is -0.0512. The molecule has 0 aliphatic heterocycles. The third-order valence-corrected chi connectivity index (χ3v) is 3.03. The van der Waals surface area contributed by atoms with Crippen LogP contribution >= 0.6 is 0 Å². The zero-order valence-electron chi connectivity index (χ0n) is 11.5. The molecule has 0 aliphatic carbocycles. The second kappa shape index (κ2) is 6.70. The maximum atomic E-state index is 11.4. The molecule has 1 aromatic heterocycles. The zero-order chi connectivity index (χ0) is 14.4. The van der Waals surface area contributed by atoms with Crippen LogP contribution in [0.3, 0.4) is 0 Å². The van der Waals surface area contributed by atoms with Crippen LogP contribution in [0.25, 0.3) is 0 Å². The molecule has 0 unspecified atom stereocenters. The number of aryl methyl sites for hydroxylation is 1. The smallest absolute Gasteiger partial charge is 0.162 e. The van der Waals surface area contributed by atoms with E-state index in [2.05, 4.69) is 4.98 Å². The van der Waals surface area contributed by atoms with Gasteiger partial charge < -0.3 is 10.5 Å². The summed E-state index contributed by atoms with van der Waals surface area (Å²) in [6.07, 6.45) is 5.42. The van der Waals surface area contributed by atoms with Crippen LogP contribution in [-0.2, 0) is 6.42 Å². The van der Waals surface area contributed by atoms with E-state index in [1.54, 1.807) is 30.6 Å². The van der Waals surface area contributed by atoms with Gasteiger partial charge in [-0.2, -0.15) is 0 Å². The number of benzene rings is 1. The van der Waals surface area contributed by atoms with Crippen molar-refractivity contribution in [1.29, 1.82) is 0 Å². The molecule has 0 amide bonds. The third-order valence-electron chi connectivity index (χ3n) is 3.03. The largest absolute Gasteiger partial charge is 0.494 e. The third kappa shape index (κ3) is 3.82. The molecule has 0 bridgehead atoms. The van der Waals surface area contributed by atoms with Gasteiger partial charge in [0, 0.05) is 23.6 Å². The number of ether oxygens (including phenoxy) is 1. The molecule has 0 fully saturated rings. The van der Waals surface area contributed by atoms with Crippen LogP contribution in [-0.4, -0.2) is 17.4 Å². The van der Waals surface area contributed by atoms with Crippen molar-refractivity contribution in [1.82, 2.24) is 4.98 Å². The van der Waals surface area contributed by atoms with Gasteiger partial charge in [0.25, 0.3) is 0 Å². The Labute approximate surface area is 118 Å². The molecular weight excluding hydrogens is 252 g/mol. The molecule has 0 aliphatic rings. The van der Waals surface area contributed by atoms with E-state index < -0.39 is 0 Å². The van der Waals surface area contributed by atoms with E-state index in [1.165, 1.54) is 12.5 Å². The first-order valence-corrected chi connectivity index (χ1v) is 6.59. The number of hydrogen-bond donors (Lipinski definition) is 1. The van der Waals surface area contributed by atoms with Crippen LogP contribution in [0.1, 0.15) is 29.3 Å². The quantitative estimate of drug-likeness (QED) is 0.498. The fourth-order valence-electron chi connectivity index (χ4n) is 1.95. The second-order valence-corrected chi connectivity index (χ2v) is 4.61. The van der Waals surface area contributed by atoms with E-state index in [0.29, 0.717) is 23.6 Å². The summed E-state index contributed by atoms with van der Waals surface area (Å²) in [7, 11) is 0. The van der Waals surface area contributed by atoms with E-state index in [9.17, 15) is 4.79 Å². The summed E-state index contributed by atoms with van der Waals surface area (Å²) in [5.41, 5.74) is 7.98. The molecule has 20 heavy (non-hydrogen) atoms. The van der Waals surface area contributed by atoms with Crippen molar-refractivity contribution < 1.29 is 9.53 Å². The average molecular weight is 270 g/mol. The van der Waals surface area contributed by atoms with Crippen LogP contribution in [0.5, 0.6) is 5.75 Å². The summed E-state index contributed by atoms with van der Waals surface area (Å²) in [6, 6.07) is 9.18. The molecule has 2 rings (SSSR count). The Morgan fingerprint density at radius 3 is 2.70 bits per heavy atom. The highest BCUT2D eigenvalue weighted by Crippen LogP contribution is 2.20. The summed E-state index contributed by atoms with van der Waals surface area (Å²) < 4.78 is 5.65. The Morgan fingerprint density at radius 1 is 1.25 bits per heavy atom. The number of ketones is 1. The van der Waals surface area contributed by atoms with Crippen molar-refractivity contribution in [3.63, 3.8) is 0 Å². The fourth-order valence-corrected chi connectivity index (χ4v) is 1.95. The van der Waals surface area contributed by atoms with E-state index >= 15 is 0 Å². The standard InChI is InChI=1S/C16H18N2O2/c1-12(19)15-11-14(4-5-16(15)17)20-10-2-3-13-6-8-18-9-7-13/h4-9,11H,2-3,10,17H2,1H3. The first-order valence-electron chi connectivity index (χ1n) is 6.59. The average Bonchev–Trinajstić information content (AvgIpc) is 2.46. The molecule has 2 aromatic rings. The van der Waals surface area contributed by atoms with Crippen molar-refractivity contribution in [3.05, 3.63) is 53.9 Å². The lowest BCUT2D eigenvalue weighted by atomic mass is 10.1. The number of Topliss-reactive ketones (excluding diaryl/α,β-unsaturated/α-hetero) is 1. The number of anilines is 1. The molecular formula is C16H18N2O2. The number of hydrogen-bond acceptors (Lipinski definition) is 4. The molecule has 2 N–H and O–H groups in total. The molecule has 4 nitrogen and oxygen atoms in total. The van der Waals surface area contributed by atoms with Crippen LogP contribution in [0.2, 0.25) is 0 Å². The Morgan fingerprint density at radius 2 is 2.00 bits per heavy atom. The zero-order valence-corrected chi connectivity index (χ0v) is 11.5. The second-order valence-electron chi connectivity index (χ2n) is 4.61. The minimum Gasteiger partial charge on any atom is -0.494 e. The molecule has 1 aromatic carbocycles. The maximum absolute atomic E-state index is 11.4. The van der Waals surface area contributed by atoms with Gasteiger partial charge >= 0.3 is 0 Å². The molecule has 0 radical (unpaired) electrons. The molecule has 0 spiro atoms. The van der Waals surface area contributed by atoms with Crippen LogP contribution in [0.4, 0.5) is 5.69 Å². The lowest BCUT2D eigenvalue weighted by Crippen LogP contribution is -2.03. The highest BCUT2D eigenvalue weighted by Gasteiger charge is 2.06.